The minimum absolute atomic E-state index is 0.0306. The fourth-order valence-electron chi connectivity index (χ4n) is 5.02. The number of aliphatic imine (C=N–C) groups is 1. The third-order valence-electron chi connectivity index (χ3n) is 6.54. The Bertz CT molecular complexity index is 1040. The molecule has 0 amide bonds. The molecule has 7 heteroatoms. The number of anilines is 1. The van der Waals surface area contributed by atoms with Crippen molar-refractivity contribution < 1.29 is 14.3 Å². The van der Waals surface area contributed by atoms with Crippen LogP contribution in [0.3, 0.4) is 0 Å². The fraction of sp³-hybridized carbons (Fsp3) is 0.458. The molecule has 0 unspecified atom stereocenters. The summed E-state index contributed by atoms with van der Waals surface area (Å²) in [5.74, 6) is 1.52. The topological polar surface area (TPSA) is 95.3 Å². The number of rotatable bonds is 2. The molecule has 0 saturated carbocycles. The summed E-state index contributed by atoms with van der Waals surface area (Å²) in [5, 5.41) is 1.55. The van der Waals surface area contributed by atoms with Gasteiger partial charge in [-0.25, -0.2) is 14.9 Å². The van der Waals surface area contributed by atoms with Crippen LogP contribution in [0.2, 0.25) is 0 Å². The van der Waals surface area contributed by atoms with Gasteiger partial charge in [0.15, 0.2) is 0 Å². The predicted molar refractivity (Wildman–Crippen MR) is 120 cm³/mol. The Labute approximate surface area is 182 Å². The summed E-state index contributed by atoms with van der Waals surface area (Å²) in [6.45, 7) is 5.01. The van der Waals surface area contributed by atoms with Gasteiger partial charge in [-0.05, 0) is 62.1 Å². The van der Waals surface area contributed by atoms with Gasteiger partial charge in [-0.2, -0.15) is 0 Å². The first-order valence-corrected chi connectivity index (χ1v) is 10.8. The second kappa shape index (κ2) is 7.14. The predicted octanol–water partition coefficient (Wildman–Crippen LogP) is 3.64. The Kier molecular flexibility index (Phi) is 4.64. The Morgan fingerprint density at radius 1 is 1.06 bits per heavy atom. The zero-order chi connectivity index (χ0) is 21.8. The van der Waals surface area contributed by atoms with Gasteiger partial charge in [0.1, 0.15) is 11.9 Å². The van der Waals surface area contributed by atoms with E-state index in [1.54, 1.807) is 12.1 Å². The molecular weight excluding hydrogens is 392 g/mol. The standard InChI is InChI=1S/C24H30N4O3/c1-23(2)13-17(9-10-29-23)21-14-24(27-22(26)28(3)31-24)19-12-16(7-8-20(19)30-21)15-5-4-6-18(25)11-15/h4-8,11-12,17,21H,9-10,13-14,25H2,1-3H3,(H2,26,27)/t17-,21-,24+/m0/s1. The minimum Gasteiger partial charge on any atom is -0.489 e. The zero-order valence-electron chi connectivity index (χ0n) is 18.3. The SMILES string of the molecule is CN1O[C@@]2(C[C@@H]([C@H]3CCOC(C)(C)C3)Oc3ccc(-c4cccc(N)c4)cc32)N=C1N. The summed E-state index contributed by atoms with van der Waals surface area (Å²) in [6.07, 6.45) is 2.46. The maximum absolute atomic E-state index is 6.55. The van der Waals surface area contributed by atoms with Crippen molar-refractivity contribution in [2.24, 2.45) is 16.6 Å². The Morgan fingerprint density at radius 2 is 1.87 bits per heavy atom. The number of nitrogens with two attached hydrogens (primary N) is 2. The van der Waals surface area contributed by atoms with E-state index in [2.05, 4.69) is 26.0 Å². The summed E-state index contributed by atoms with van der Waals surface area (Å²) in [5.41, 5.74) is 14.8. The summed E-state index contributed by atoms with van der Waals surface area (Å²) in [4.78, 5) is 11.1. The van der Waals surface area contributed by atoms with Crippen molar-refractivity contribution in [3.63, 3.8) is 0 Å². The number of ether oxygens (including phenoxy) is 2. The summed E-state index contributed by atoms with van der Waals surface area (Å²) in [6, 6.07) is 14.0. The molecule has 0 aromatic heterocycles. The first kappa shape index (κ1) is 20.2. The molecule has 5 rings (SSSR count). The van der Waals surface area contributed by atoms with Crippen LogP contribution in [-0.4, -0.2) is 36.4 Å². The van der Waals surface area contributed by atoms with E-state index in [-0.39, 0.29) is 11.7 Å². The molecule has 7 nitrogen and oxygen atoms in total. The van der Waals surface area contributed by atoms with E-state index in [0.29, 0.717) is 18.3 Å². The molecule has 2 aromatic carbocycles. The highest BCUT2D eigenvalue weighted by Gasteiger charge is 2.51. The van der Waals surface area contributed by atoms with E-state index in [4.69, 9.17) is 30.8 Å². The van der Waals surface area contributed by atoms with Crippen LogP contribution in [0.25, 0.3) is 11.1 Å². The van der Waals surface area contributed by atoms with E-state index in [1.807, 2.05) is 30.3 Å². The normalized spacial score (nSPS) is 29.4. The van der Waals surface area contributed by atoms with Crippen molar-refractivity contribution in [2.75, 3.05) is 19.4 Å². The van der Waals surface area contributed by atoms with E-state index < -0.39 is 5.72 Å². The van der Waals surface area contributed by atoms with Gasteiger partial charge in [0.25, 0.3) is 0 Å². The van der Waals surface area contributed by atoms with Gasteiger partial charge in [0.05, 0.1) is 11.2 Å². The number of fused-ring (bicyclic) bond motifs is 2. The number of nitrogens with zero attached hydrogens (tertiary/aromatic N) is 2. The van der Waals surface area contributed by atoms with Gasteiger partial charge < -0.3 is 20.9 Å². The molecular formula is C24H30N4O3. The second-order valence-electron chi connectivity index (χ2n) is 9.40. The number of hydrogen-bond donors (Lipinski definition) is 2. The van der Waals surface area contributed by atoms with Gasteiger partial charge in [-0.15, -0.1) is 0 Å². The van der Waals surface area contributed by atoms with Crippen molar-refractivity contribution in [1.29, 1.82) is 0 Å². The molecule has 3 atom stereocenters. The molecule has 2 aromatic rings. The molecule has 4 N–H and O–H groups in total. The monoisotopic (exact) mass is 422 g/mol. The van der Waals surface area contributed by atoms with Crippen molar-refractivity contribution in [2.45, 2.75) is 50.5 Å². The number of hydroxylamine groups is 2. The molecule has 0 radical (unpaired) electrons. The largest absolute Gasteiger partial charge is 0.489 e. The summed E-state index contributed by atoms with van der Waals surface area (Å²) in [7, 11) is 1.79. The molecule has 1 saturated heterocycles. The highest BCUT2D eigenvalue weighted by atomic mass is 16.7. The van der Waals surface area contributed by atoms with E-state index in [9.17, 15) is 0 Å². The van der Waals surface area contributed by atoms with E-state index in [0.717, 1.165) is 47.6 Å². The molecule has 3 heterocycles. The zero-order valence-corrected chi connectivity index (χ0v) is 18.3. The first-order valence-electron chi connectivity index (χ1n) is 10.8. The van der Waals surface area contributed by atoms with Crippen LogP contribution in [-0.2, 0) is 15.3 Å². The Balaban J connectivity index is 1.56. The second-order valence-corrected chi connectivity index (χ2v) is 9.40. The first-order chi connectivity index (χ1) is 14.7. The van der Waals surface area contributed by atoms with Gasteiger partial charge in [-0.3, -0.25) is 0 Å². The molecule has 0 bridgehead atoms. The number of nitrogen functional groups attached to an aromatic ring is 1. The molecule has 0 aliphatic carbocycles. The molecule has 164 valence electrons. The summed E-state index contributed by atoms with van der Waals surface area (Å²) >= 11 is 0. The third kappa shape index (κ3) is 3.62. The molecule has 1 spiro atoms. The lowest BCUT2D eigenvalue weighted by Gasteiger charge is -2.44. The molecule has 31 heavy (non-hydrogen) atoms. The summed E-state index contributed by atoms with van der Waals surface area (Å²) < 4.78 is 12.5. The van der Waals surface area contributed by atoms with E-state index in [1.165, 1.54) is 0 Å². The van der Waals surface area contributed by atoms with Gasteiger partial charge >= 0.3 is 0 Å². The Morgan fingerprint density at radius 3 is 2.58 bits per heavy atom. The quantitative estimate of drug-likeness (QED) is 0.718. The van der Waals surface area contributed by atoms with Crippen molar-refractivity contribution in [1.82, 2.24) is 5.06 Å². The third-order valence-corrected chi connectivity index (χ3v) is 6.54. The Hall–Kier alpha value is -2.77. The van der Waals surface area contributed by atoms with Gasteiger partial charge in [-0.1, -0.05) is 18.2 Å². The number of hydrogen-bond acceptors (Lipinski definition) is 7. The van der Waals surface area contributed by atoms with Gasteiger partial charge in [0.2, 0.25) is 11.7 Å². The average Bonchev–Trinajstić information content (AvgIpc) is 3.00. The maximum Gasteiger partial charge on any atom is 0.221 e. The van der Waals surface area contributed by atoms with Crippen LogP contribution in [0.15, 0.2) is 47.5 Å². The lowest BCUT2D eigenvalue weighted by molar-refractivity contribution is -0.198. The van der Waals surface area contributed by atoms with Gasteiger partial charge in [0, 0.05) is 31.7 Å². The molecule has 3 aliphatic rings. The van der Waals surface area contributed by atoms with Crippen molar-refractivity contribution in [3.8, 4) is 16.9 Å². The highest BCUT2D eigenvalue weighted by molar-refractivity contribution is 5.79. The highest BCUT2D eigenvalue weighted by Crippen LogP contribution is 2.49. The molecule has 1 fully saturated rings. The van der Waals surface area contributed by atoms with E-state index >= 15 is 0 Å². The van der Waals surface area contributed by atoms with Crippen molar-refractivity contribution in [3.05, 3.63) is 48.0 Å². The van der Waals surface area contributed by atoms with Crippen LogP contribution in [0.1, 0.15) is 38.7 Å². The lowest BCUT2D eigenvalue weighted by Crippen LogP contribution is -2.46. The van der Waals surface area contributed by atoms with Crippen LogP contribution in [0, 0.1) is 5.92 Å². The molecule has 3 aliphatic heterocycles. The number of guanidine groups is 1. The van der Waals surface area contributed by atoms with Crippen LogP contribution >= 0.6 is 0 Å². The maximum atomic E-state index is 6.55. The minimum atomic E-state index is -0.893. The smallest absolute Gasteiger partial charge is 0.221 e. The van der Waals surface area contributed by atoms with Crippen LogP contribution in [0.4, 0.5) is 5.69 Å². The van der Waals surface area contributed by atoms with Crippen LogP contribution < -0.4 is 16.2 Å². The van der Waals surface area contributed by atoms with Crippen LogP contribution in [0.5, 0.6) is 5.75 Å². The van der Waals surface area contributed by atoms with Crippen molar-refractivity contribution >= 4 is 11.6 Å². The fourth-order valence-corrected chi connectivity index (χ4v) is 5.02. The average molecular weight is 423 g/mol. The number of benzene rings is 2. The lowest BCUT2D eigenvalue weighted by atomic mass is 9.79.